The Balaban J connectivity index is 2.12. The molecule has 0 aliphatic carbocycles. The zero-order valence-electron chi connectivity index (χ0n) is 14.2. The van der Waals surface area contributed by atoms with Crippen LogP contribution >= 0.6 is 11.6 Å². The van der Waals surface area contributed by atoms with Gasteiger partial charge in [0.1, 0.15) is 18.1 Å². The molecule has 2 aromatic rings. The van der Waals surface area contributed by atoms with Crippen molar-refractivity contribution in [3.63, 3.8) is 0 Å². The molecule has 0 heterocycles. The second kappa shape index (κ2) is 9.67. The minimum atomic E-state index is 0.489. The van der Waals surface area contributed by atoms with Gasteiger partial charge in [-0.2, -0.15) is 0 Å². The Labute approximate surface area is 144 Å². The molecule has 0 bridgehead atoms. The van der Waals surface area contributed by atoms with Gasteiger partial charge < -0.3 is 9.47 Å². The summed E-state index contributed by atoms with van der Waals surface area (Å²) in [5.74, 6) is 2.35. The second-order valence-corrected chi connectivity index (χ2v) is 6.24. The Morgan fingerprint density at radius 2 is 1.65 bits per heavy atom. The summed E-state index contributed by atoms with van der Waals surface area (Å²) in [5, 5.41) is 2.20. The van der Waals surface area contributed by atoms with Gasteiger partial charge in [0, 0.05) is 10.8 Å². The van der Waals surface area contributed by atoms with E-state index in [9.17, 15) is 0 Å². The van der Waals surface area contributed by atoms with Gasteiger partial charge in [0.15, 0.2) is 0 Å². The van der Waals surface area contributed by atoms with Crippen LogP contribution in [0.15, 0.2) is 30.3 Å². The first kappa shape index (κ1) is 17.9. The van der Waals surface area contributed by atoms with Crippen LogP contribution in [0.25, 0.3) is 10.8 Å². The van der Waals surface area contributed by atoms with Crippen LogP contribution in [0, 0.1) is 6.92 Å². The van der Waals surface area contributed by atoms with Crippen LogP contribution in [0.5, 0.6) is 11.5 Å². The molecule has 0 unspecified atom stereocenters. The maximum atomic E-state index is 6.11. The Hall–Kier alpha value is -1.41. The Kier molecular flexibility index (Phi) is 7.54. The minimum absolute atomic E-state index is 0.489. The Bertz CT molecular complexity index is 610. The summed E-state index contributed by atoms with van der Waals surface area (Å²) in [6.45, 7) is 5.60. The van der Waals surface area contributed by atoms with E-state index < -0.39 is 0 Å². The third kappa shape index (κ3) is 5.04. The van der Waals surface area contributed by atoms with Crippen molar-refractivity contribution in [2.24, 2.45) is 0 Å². The van der Waals surface area contributed by atoms with E-state index in [0.717, 1.165) is 40.9 Å². The first-order chi connectivity index (χ1) is 11.3. The molecule has 23 heavy (non-hydrogen) atoms. The summed E-state index contributed by atoms with van der Waals surface area (Å²) < 4.78 is 11.9. The molecule has 0 saturated heterocycles. The summed E-state index contributed by atoms with van der Waals surface area (Å²) >= 11 is 5.74. The number of fused-ring (bicyclic) bond motifs is 1. The number of alkyl halides is 1. The number of ether oxygens (including phenoxy) is 2. The predicted octanol–water partition coefficient (Wildman–Crippen LogP) is 6.12. The van der Waals surface area contributed by atoms with E-state index in [2.05, 4.69) is 32.0 Å². The molecule has 0 aliphatic rings. The number of halogens is 1. The van der Waals surface area contributed by atoms with Crippen LogP contribution in [0.2, 0.25) is 0 Å². The molecule has 0 atom stereocenters. The third-order valence-corrected chi connectivity index (χ3v) is 4.13. The van der Waals surface area contributed by atoms with Crippen LogP contribution in [-0.4, -0.2) is 19.1 Å². The topological polar surface area (TPSA) is 18.5 Å². The number of aryl methyl sites for hydroxylation is 1. The molecule has 0 N–H and O–H groups in total. The van der Waals surface area contributed by atoms with Gasteiger partial charge in [-0.05, 0) is 25.0 Å². The zero-order chi connectivity index (χ0) is 16.5. The highest BCUT2D eigenvalue weighted by Crippen LogP contribution is 2.36. The van der Waals surface area contributed by atoms with E-state index in [4.69, 9.17) is 21.1 Å². The fraction of sp³-hybridized carbons (Fsp3) is 0.500. The van der Waals surface area contributed by atoms with E-state index >= 15 is 0 Å². The number of hydrogen-bond donors (Lipinski definition) is 0. The van der Waals surface area contributed by atoms with Gasteiger partial charge in [-0.15, -0.1) is 11.6 Å². The van der Waals surface area contributed by atoms with Crippen molar-refractivity contribution in [1.82, 2.24) is 0 Å². The standard InChI is InChI=1S/C20H27ClO2/c1-3-4-5-6-9-13-23-20-16(2)15-19(22-14-12-21)17-10-7-8-11-18(17)20/h7-8,10-11,15H,3-6,9,12-14H2,1-2H3. The van der Waals surface area contributed by atoms with Crippen molar-refractivity contribution >= 4 is 22.4 Å². The maximum absolute atomic E-state index is 6.11. The lowest BCUT2D eigenvalue weighted by Gasteiger charge is -2.16. The highest BCUT2D eigenvalue weighted by molar-refractivity contribution is 6.18. The first-order valence-electron chi connectivity index (χ1n) is 8.61. The molecule has 0 aliphatic heterocycles. The van der Waals surface area contributed by atoms with Crippen molar-refractivity contribution in [1.29, 1.82) is 0 Å². The molecule has 3 heteroatoms. The average Bonchev–Trinajstić information content (AvgIpc) is 2.57. The van der Waals surface area contributed by atoms with Crippen LogP contribution in [0.3, 0.4) is 0 Å². The predicted molar refractivity (Wildman–Crippen MR) is 99.2 cm³/mol. The normalized spacial score (nSPS) is 10.9. The van der Waals surface area contributed by atoms with Crippen LogP contribution in [-0.2, 0) is 0 Å². The minimum Gasteiger partial charge on any atom is -0.493 e. The van der Waals surface area contributed by atoms with Gasteiger partial charge in [0.05, 0.1) is 12.5 Å². The molecule has 2 rings (SSSR count). The highest BCUT2D eigenvalue weighted by atomic mass is 35.5. The SMILES string of the molecule is CCCCCCCOc1c(C)cc(OCCCl)c2ccccc12. The number of benzene rings is 2. The van der Waals surface area contributed by atoms with E-state index in [1.807, 2.05) is 12.1 Å². The molecule has 0 spiro atoms. The molecular formula is C20H27ClO2. The summed E-state index contributed by atoms with van der Waals surface area (Å²) in [6.07, 6.45) is 6.23. The molecule has 0 fully saturated rings. The molecule has 0 radical (unpaired) electrons. The smallest absolute Gasteiger partial charge is 0.130 e. The van der Waals surface area contributed by atoms with Crippen molar-refractivity contribution in [3.8, 4) is 11.5 Å². The Morgan fingerprint density at radius 1 is 0.913 bits per heavy atom. The van der Waals surface area contributed by atoms with Crippen molar-refractivity contribution < 1.29 is 9.47 Å². The third-order valence-electron chi connectivity index (χ3n) is 3.97. The van der Waals surface area contributed by atoms with Gasteiger partial charge in [-0.3, -0.25) is 0 Å². The lowest BCUT2D eigenvalue weighted by Crippen LogP contribution is -2.02. The van der Waals surface area contributed by atoms with E-state index in [-0.39, 0.29) is 0 Å². The largest absolute Gasteiger partial charge is 0.493 e. The summed E-state index contributed by atoms with van der Waals surface area (Å²) in [4.78, 5) is 0. The average molecular weight is 335 g/mol. The quantitative estimate of drug-likeness (QED) is 0.385. The van der Waals surface area contributed by atoms with Crippen molar-refractivity contribution in [2.75, 3.05) is 19.1 Å². The van der Waals surface area contributed by atoms with Crippen LogP contribution in [0.4, 0.5) is 0 Å². The second-order valence-electron chi connectivity index (χ2n) is 5.87. The fourth-order valence-electron chi connectivity index (χ4n) is 2.79. The van der Waals surface area contributed by atoms with E-state index in [1.54, 1.807) is 0 Å². The molecule has 2 nitrogen and oxygen atoms in total. The molecule has 0 saturated carbocycles. The van der Waals surface area contributed by atoms with Crippen molar-refractivity contribution in [3.05, 3.63) is 35.9 Å². The van der Waals surface area contributed by atoms with Gasteiger partial charge in [0.25, 0.3) is 0 Å². The summed E-state index contributed by atoms with van der Waals surface area (Å²) in [5.41, 5.74) is 1.11. The maximum Gasteiger partial charge on any atom is 0.130 e. The lowest BCUT2D eigenvalue weighted by atomic mass is 10.0. The van der Waals surface area contributed by atoms with Crippen LogP contribution in [0.1, 0.15) is 44.6 Å². The van der Waals surface area contributed by atoms with Gasteiger partial charge >= 0.3 is 0 Å². The molecule has 126 valence electrons. The highest BCUT2D eigenvalue weighted by Gasteiger charge is 2.11. The van der Waals surface area contributed by atoms with Gasteiger partial charge in [-0.25, -0.2) is 0 Å². The first-order valence-corrected chi connectivity index (χ1v) is 9.15. The van der Waals surface area contributed by atoms with Crippen LogP contribution < -0.4 is 9.47 Å². The Morgan fingerprint density at radius 3 is 2.39 bits per heavy atom. The number of rotatable bonds is 10. The van der Waals surface area contributed by atoms with Gasteiger partial charge in [0.2, 0.25) is 0 Å². The molecular weight excluding hydrogens is 308 g/mol. The zero-order valence-corrected chi connectivity index (χ0v) is 15.0. The van der Waals surface area contributed by atoms with E-state index in [0.29, 0.717) is 12.5 Å². The number of unbranched alkanes of at least 4 members (excludes halogenated alkanes) is 4. The van der Waals surface area contributed by atoms with Crippen molar-refractivity contribution in [2.45, 2.75) is 46.0 Å². The molecule has 2 aromatic carbocycles. The fourth-order valence-corrected chi connectivity index (χ4v) is 2.86. The monoisotopic (exact) mass is 334 g/mol. The van der Waals surface area contributed by atoms with Gasteiger partial charge in [-0.1, -0.05) is 56.9 Å². The number of hydrogen-bond acceptors (Lipinski definition) is 2. The molecule has 0 amide bonds. The molecule has 0 aromatic heterocycles. The summed E-state index contributed by atoms with van der Waals surface area (Å²) in [6, 6.07) is 10.3. The summed E-state index contributed by atoms with van der Waals surface area (Å²) in [7, 11) is 0. The van der Waals surface area contributed by atoms with E-state index in [1.165, 1.54) is 25.7 Å². The lowest BCUT2D eigenvalue weighted by molar-refractivity contribution is 0.305.